The van der Waals surface area contributed by atoms with Crippen LogP contribution < -0.4 is 5.32 Å². The topological polar surface area (TPSA) is 56.0 Å². The third-order valence-electron chi connectivity index (χ3n) is 4.02. The van der Waals surface area contributed by atoms with Gasteiger partial charge in [-0.1, -0.05) is 24.3 Å². The van der Waals surface area contributed by atoms with E-state index in [-0.39, 0.29) is 0 Å². The number of anilines is 1. The van der Waals surface area contributed by atoms with Crippen LogP contribution in [0.25, 0.3) is 10.8 Å². The van der Waals surface area contributed by atoms with Crippen LogP contribution in [-0.2, 0) is 0 Å². The predicted molar refractivity (Wildman–Crippen MR) is 82.7 cm³/mol. The van der Waals surface area contributed by atoms with Gasteiger partial charge in [0.2, 0.25) is 0 Å². The Balaban J connectivity index is 2.55. The molecular weight excluding hydrogens is 248 g/mol. The summed E-state index contributed by atoms with van der Waals surface area (Å²) in [5.41, 5.74) is 0.213. The van der Waals surface area contributed by atoms with Crippen LogP contribution in [0.2, 0.25) is 0 Å². The SMILES string of the molecule is CC(C)(O)C(C)(C)Nc1ccc(C#N)c2ccccc12. The van der Waals surface area contributed by atoms with Crippen molar-refractivity contribution in [3.8, 4) is 6.07 Å². The van der Waals surface area contributed by atoms with E-state index in [1.165, 1.54) is 0 Å². The second kappa shape index (κ2) is 4.81. The Labute approximate surface area is 119 Å². The van der Waals surface area contributed by atoms with Gasteiger partial charge in [0.05, 0.1) is 22.8 Å². The van der Waals surface area contributed by atoms with Crippen molar-refractivity contribution in [3.63, 3.8) is 0 Å². The summed E-state index contributed by atoms with van der Waals surface area (Å²) in [6, 6.07) is 13.7. The monoisotopic (exact) mass is 268 g/mol. The van der Waals surface area contributed by atoms with Crippen molar-refractivity contribution in [3.05, 3.63) is 42.0 Å². The molecule has 0 saturated carbocycles. The lowest BCUT2D eigenvalue weighted by Gasteiger charge is -2.39. The molecule has 0 radical (unpaired) electrons. The Morgan fingerprint density at radius 2 is 1.60 bits per heavy atom. The largest absolute Gasteiger partial charge is 0.388 e. The van der Waals surface area contributed by atoms with E-state index in [1.54, 1.807) is 13.8 Å². The minimum atomic E-state index is -0.873. The molecule has 2 N–H and O–H groups in total. The van der Waals surface area contributed by atoms with Crippen molar-refractivity contribution in [1.29, 1.82) is 5.26 Å². The first-order valence-corrected chi connectivity index (χ1v) is 6.69. The van der Waals surface area contributed by atoms with Gasteiger partial charge in [-0.2, -0.15) is 5.26 Å². The molecular formula is C17H20N2O. The molecule has 0 bridgehead atoms. The van der Waals surface area contributed by atoms with E-state index < -0.39 is 11.1 Å². The average Bonchev–Trinajstić information content (AvgIpc) is 2.37. The summed E-state index contributed by atoms with van der Waals surface area (Å²) in [7, 11) is 0. The van der Waals surface area contributed by atoms with Gasteiger partial charge in [-0.25, -0.2) is 0 Å². The standard InChI is InChI=1S/C17H20N2O/c1-16(2,17(3,4)20)19-15-10-9-12(11-18)13-7-5-6-8-14(13)15/h5-10,19-20H,1-4H3. The third kappa shape index (κ3) is 2.48. The Bertz CT molecular complexity index is 675. The minimum Gasteiger partial charge on any atom is -0.388 e. The van der Waals surface area contributed by atoms with Gasteiger partial charge in [0.15, 0.2) is 0 Å². The quantitative estimate of drug-likeness (QED) is 0.893. The number of nitrogens with zero attached hydrogens (tertiary/aromatic N) is 1. The molecule has 2 aromatic carbocycles. The molecule has 2 rings (SSSR count). The fraction of sp³-hybridized carbons (Fsp3) is 0.353. The van der Waals surface area contributed by atoms with E-state index in [9.17, 15) is 10.4 Å². The average molecular weight is 268 g/mol. The summed E-state index contributed by atoms with van der Waals surface area (Å²) < 4.78 is 0. The summed E-state index contributed by atoms with van der Waals surface area (Å²) in [5, 5.41) is 24.7. The van der Waals surface area contributed by atoms with E-state index in [2.05, 4.69) is 11.4 Å². The van der Waals surface area contributed by atoms with Gasteiger partial charge in [-0.05, 0) is 39.8 Å². The first-order chi connectivity index (χ1) is 9.26. The zero-order valence-corrected chi connectivity index (χ0v) is 12.4. The molecule has 0 aliphatic rings. The van der Waals surface area contributed by atoms with Crippen molar-refractivity contribution in [2.45, 2.75) is 38.8 Å². The fourth-order valence-corrected chi connectivity index (χ4v) is 2.00. The van der Waals surface area contributed by atoms with E-state index in [0.29, 0.717) is 5.56 Å². The first-order valence-electron chi connectivity index (χ1n) is 6.69. The predicted octanol–water partition coefficient (Wildman–Crippen LogP) is 3.67. The number of hydrogen-bond acceptors (Lipinski definition) is 3. The highest BCUT2D eigenvalue weighted by Gasteiger charge is 2.35. The lowest BCUT2D eigenvalue weighted by atomic mass is 9.85. The molecule has 0 aliphatic heterocycles. The lowest BCUT2D eigenvalue weighted by molar-refractivity contribution is 0.0241. The van der Waals surface area contributed by atoms with Crippen LogP contribution in [0, 0.1) is 11.3 Å². The Morgan fingerprint density at radius 1 is 1.00 bits per heavy atom. The van der Waals surface area contributed by atoms with E-state index in [0.717, 1.165) is 16.5 Å². The molecule has 0 atom stereocenters. The second-order valence-electron chi connectivity index (χ2n) is 6.13. The van der Waals surface area contributed by atoms with Gasteiger partial charge in [0, 0.05) is 16.5 Å². The first kappa shape index (κ1) is 14.4. The molecule has 20 heavy (non-hydrogen) atoms. The van der Waals surface area contributed by atoms with Gasteiger partial charge in [-0.15, -0.1) is 0 Å². The molecule has 104 valence electrons. The number of nitriles is 1. The maximum Gasteiger partial charge on any atom is 0.0998 e. The normalized spacial score (nSPS) is 12.2. The minimum absolute atomic E-state index is 0.496. The molecule has 0 unspecified atom stereocenters. The molecule has 0 aromatic heterocycles. The molecule has 3 nitrogen and oxygen atoms in total. The highest BCUT2D eigenvalue weighted by molar-refractivity contribution is 5.97. The van der Waals surface area contributed by atoms with Gasteiger partial charge >= 0.3 is 0 Å². The van der Waals surface area contributed by atoms with Crippen LogP contribution in [0.4, 0.5) is 5.69 Å². The summed E-state index contributed by atoms with van der Waals surface area (Å²) in [6.07, 6.45) is 0. The second-order valence-corrected chi connectivity index (χ2v) is 6.13. The number of benzene rings is 2. The molecule has 0 saturated heterocycles. The molecule has 0 fully saturated rings. The van der Waals surface area contributed by atoms with Crippen molar-refractivity contribution in [1.82, 2.24) is 0 Å². The van der Waals surface area contributed by atoms with Crippen molar-refractivity contribution in [2.24, 2.45) is 0 Å². The van der Waals surface area contributed by atoms with Crippen LogP contribution in [0.15, 0.2) is 36.4 Å². The van der Waals surface area contributed by atoms with Gasteiger partial charge < -0.3 is 10.4 Å². The summed E-state index contributed by atoms with van der Waals surface area (Å²) in [4.78, 5) is 0. The van der Waals surface area contributed by atoms with Crippen LogP contribution >= 0.6 is 0 Å². The van der Waals surface area contributed by atoms with Gasteiger partial charge in [0.1, 0.15) is 0 Å². The lowest BCUT2D eigenvalue weighted by Crippen LogP contribution is -2.51. The maximum absolute atomic E-state index is 10.3. The van der Waals surface area contributed by atoms with E-state index >= 15 is 0 Å². The maximum atomic E-state index is 10.3. The number of hydrogen-bond donors (Lipinski definition) is 2. The number of aliphatic hydroxyl groups is 1. The molecule has 2 aromatic rings. The number of nitrogens with one attached hydrogen (secondary N) is 1. The van der Waals surface area contributed by atoms with Crippen molar-refractivity contribution in [2.75, 3.05) is 5.32 Å². The highest BCUT2D eigenvalue weighted by atomic mass is 16.3. The molecule has 0 amide bonds. The van der Waals surface area contributed by atoms with Crippen LogP contribution in [-0.4, -0.2) is 16.2 Å². The fourth-order valence-electron chi connectivity index (χ4n) is 2.00. The number of fused-ring (bicyclic) bond motifs is 1. The molecule has 0 heterocycles. The smallest absolute Gasteiger partial charge is 0.0998 e. The summed E-state index contributed by atoms with van der Waals surface area (Å²) in [6.45, 7) is 7.48. The Morgan fingerprint density at radius 3 is 2.15 bits per heavy atom. The van der Waals surface area contributed by atoms with Crippen LogP contribution in [0.5, 0.6) is 0 Å². The summed E-state index contributed by atoms with van der Waals surface area (Å²) in [5.74, 6) is 0. The molecule has 3 heteroatoms. The number of rotatable bonds is 3. The zero-order chi connectivity index (χ0) is 15.0. The van der Waals surface area contributed by atoms with E-state index in [1.807, 2.05) is 50.2 Å². The van der Waals surface area contributed by atoms with Gasteiger partial charge in [-0.3, -0.25) is 0 Å². The van der Waals surface area contributed by atoms with Crippen molar-refractivity contribution >= 4 is 16.5 Å². The van der Waals surface area contributed by atoms with Gasteiger partial charge in [0.25, 0.3) is 0 Å². The Kier molecular flexibility index (Phi) is 3.45. The highest BCUT2D eigenvalue weighted by Crippen LogP contribution is 2.31. The third-order valence-corrected chi connectivity index (χ3v) is 4.02. The van der Waals surface area contributed by atoms with Crippen LogP contribution in [0.1, 0.15) is 33.3 Å². The molecule has 0 aliphatic carbocycles. The Hall–Kier alpha value is -2.05. The van der Waals surface area contributed by atoms with Crippen LogP contribution in [0.3, 0.4) is 0 Å². The molecule has 0 spiro atoms. The van der Waals surface area contributed by atoms with E-state index in [4.69, 9.17) is 0 Å². The zero-order valence-electron chi connectivity index (χ0n) is 12.4. The van der Waals surface area contributed by atoms with Crippen molar-refractivity contribution < 1.29 is 5.11 Å². The summed E-state index contributed by atoms with van der Waals surface area (Å²) >= 11 is 0.